The topological polar surface area (TPSA) is 15.3 Å². The molecule has 0 unspecified atom stereocenters. The Labute approximate surface area is 121 Å². The summed E-state index contributed by atoms with van der Waals surface area (Å²) < 4.78 is 0. The molecule has 0 atom stereocenters. The van der Waals surface area contributed by atoms with Gasteiger partial charge in [-0.05, 0) is 51.7 Å². The minimum Gasteiger partial charge on any atom is -0.366 e. The van der Waals surface area contributed by atoms with Crippen molar-refractivity contribution < 1.29 is 0 Å². The molecule has 1 heterocycles. The third-order valence-corrected chi connectivity index (χ3v) is 4.78. The summed E-state index contributed by atoms with van der Waals surface area (Å²) in [5.41, 5.74) is 2.84. The first-order valence-electron chi connectivity index (χ1n) is 7.36. The highest BCUT2D eigenvalue weighted by molar-refractivity contribution is 6.31. The summed E-state index contributed by atoms with van der Waals surface area (Å²) in [7, 11) is 0. The minimum atomic E-state index is 0.249. The van der Waals surface area contributed by atoms with Crippen LogP contribution in [0.15, 0.2) is 18.2 Å². The van der Waals surface area contributed by atoms with Crippen LogP contribution in [0.1, 0.15) is 45.1 Å². The van der Waals surface area contributed by atoms with Crippen LogP contribution in [0.25, 0.3) is 0 Å². The number of hydrogen-bond donors (Lipinski definition) is 1. The van der Waals surface area contributed by atoms with Gasteiger partial charge < -0.3 is 10.2 Å². The average Bonchev–Trinajstić information content (AvgIpc) is 3.11. The Bertz CT molecular complexity index is 466. The Balaban J connectivity index is 1.88. The summed E-state index contributed by atoms with van der Waals surface area (Å²) in [6.07, 6.45) is 5.16. The van der Waals surface area contributed by atoms with E-state index in [-0.39, 0.29) is 5.54 Å². The number of anilines is 1. The maximum atomic E-state index is 6.44. The molecular formula is C16H23ClN2. The molecule has 3 heteroatoms. The molecule has 1 aromatic carbocycles. The number of hydrogen-bond acceptors (Lipinski definition) is 2. The van der Waals surface area contributed by atoms with Crippen molar-refractivity contribution in [2.75, 3.05) is 11.4 Å². The van der Waals surface area contributed by atoms with E-state index in [0.29, 0.717) is 0 Å². The number of halogens is 1. The molecule has 2 fully saturated rings. The summed E-state index contributed by atoms with van der Waals surface area (Å²) in [5.74, 6) is 0. The van der Waals surface area contributed by atoms with Gasteiger partial charge in [0, 0.05) is 40.9 Å². The fourth-order valence-electron chi connectivity index (χ4n) is 3.06. The lowest BCUT2D eigenvalue weighted by atomic mass is 10.0. The highest BCUT2D eigenvalue weighted by Gasteiger charge is 2.33. The summed E-state index contributed by atoms with van der Waals surface area (Å²) >= 11 is 6.44. The van der Waals surface area contributed by atoms with Crippen LogP contribution in [-0.4, -0.2) is 18.1 Å². The van der Waals surface area contributed by atoms with Gasteiger partial charge in [0.05, 0.1) is 0 Å². The maximum Gasteiger partial charge on any atom is 0.0471 e. The van der Waals surface area contributed by atoms with Gasteiger partial charge in [0.15, 0.2) is 0 Å². The van der Waals surface area contributed by atoms with E-state index < -0.39 is 0 Å². The number of benzene rings is 1. The summed E-state index contributed by atoms with van der Waals surface area (Å²) in [6.45, 7) is 6.70. The number of rotatable bonds is 4. The Hall–Kier alpha value is -0.730. The molecule has 19 heavy (non-hydrogen) atoms. The van der Waals surface area contributed by atoms with E-state index in [9.17, 15) is 0 Å². The van der Waals surface area contributed by atoms with Crippen molar-refractivity contribution in [3.05, 3.63) is 28.8 Å². The first kappa shape index (κ1) is 13.3. The van der Waals surface area contributed by atoms with Crippen molar-refractivity contribution in [2.24, 2.45) is 0 Å². The van der Waals surface area contributed by atoms with E-state index in [1.807, 2.05) is 6.07 Å². The van der Waals surface area contributed by atoms with Crippen LogP contribution in [0.3, 0.4) is 0 Å². The van der Waals surface area contributed by atoms with E-state index in [1.165, 1.54) is 36.9 Å². The van der Waals surface area contributed by atoms with Gasteiger partial charge in [-0.15, -0.1) is 0 Å². The van der Waals surface area contributed by atoms with Crippen LogP contribution >= 0.6 is 11.6 Å². The van der Waals surface area contributed by atoms with Crippen molar-refractivity contribution in [2.45, 2.75) is 57.7 Å². The SMILES string of the molecule is CC1(C)CCCN1c1cccc(Cl)c1CNC1CC1. The van der Waals surface area contributed by atoms with Gasteiger partial charge in [0.2, 0.25) is 0 Å². The molecule has 0 spiro atoms. The van der Waals surface area contributed by atoms with E-state index in [0.717, 1.165) is 24.2 Å². The summed E-state index contributed by atoms with van der Waals surface area (Å²) in [4.78, 5) is 2.53. The minimum absolute atomic E-state index is 0.249. The van der Waals surface area contributed by atoms with Crippen LogP contribution in [0, 0.1) is 0 Å². The quantitative estimate of drug-likeness (QED) is 0.896. The molecule has 1 aliphatic heterocycles. The lowest BCUT2D eigenvalue weighted by Crippen LogP contribution is -2.39. The van der Waals surface area contributed by atoms with Crippen LogP contribution in [0.4, 0.5) is 5.69 Å². The third-order valence-electron chi connectivity index (χ3n) is 4.43. The predicted molar refractivity (Wildman–Crippen MR) is 82.0 cm³/mol. The molecule has 3 rings (SSSR count). The lowest BCUT2D eigenvalue weighted by molar-refractivity contribution is 0.516. The lowest BCUT2D eigenvalue weighted by Gasteiger charge is -2.35. The second-order valence-corrected chi connectivity index (χ2v) is 6.87. The molecule has 1 aromatic rings. The van der Waals surface area contributed by atoms with Gasteiger partial charge in [0.1, 0.15) is 0 Å². The van der Waals surface area contributed by atoms with Crippen LogP contribution in [0.5, 0.6) is 0 Å². The van der Waals surface area contributed by atoms with Gasteiger partial charge in [-0.1, -0.05) is 17.7 Å². The Morgan fingerprint density at radius 3 is 2.79 bits per heavy atom. The second-order valence-electron chi connectivity index (χ2n) is 6.46. The molecule has 1 saturated carbocycles. The third kappa shape index (κ3) is 2.75. The molecule has 1 aliphatic carbocycles. The molecule has 1 N–H and O–H groups in total. The molecular weight excluding hydrogens is 256 g/mol. The first-order valence-corrected chi connectivity index (χ1v) is 7.74. The van der Waals surface area contributed by atoms with Gasteiger partial charge in [-0.3, -0.25) is 0 Å². The standard InChI is InChI=1S/C16H23ClN2/c1-16(2)9-4-10-19(16)15-6-3-5-14(17)13(15)11-18-12-7-8-12/h3,5-6,12,18H,4,7-11H2,1-2H3. The fourth-order valence-corrected chi connectivity index (χ4v) is 3.30. The van der Waals surface area contributed by atoms with Gasteiger partial charge in [-0.25, -0.2) is 0 Å². The van der Waals surface area contributed by atoms with E-state index in [2.05, 4.69) is 36.2 Å². The molecule has 2 aliphatic rings. The normalized spacial score (nSPS) is 21.9. The van der Waals surface area contributed by atoms with Gasteiger partial charge in [0.25, 0.3) is 0 Å². The van der Waals surface area contributed by atoms with Crippen LogP contribution in [0.2, 0.25) is 5.02 Å². The van der Waals surface area contributed by atoms with Crippen molar-refractivity contribution in [3.63, 3.8) is 0 Å². The fraction of sp³-hybridized carbons (Fsp3) is 0.625. The zero-order valence-electron chi connectivity index (χ0n) is 11.9. The number of nitrogens with one attached hydrogen (secondary N) is 1. The molecule has 1 saturated heterocycles. The predicted octanol–water partition coefficient (Wildman–Crippen LogP) is 3.97. The van der Waals surface area contributed by atoms with E-state index in [4.69, 9.17) is 11.6 Å². The molecule has 0 aromatic heterocycles. The van der Waals surface area contributed by atoms with Gasteiger partial charge in [-0.2, -0.15) is 0 Å². The zero-order chi connectivity index (χ0) is 13.5. The second kappa shape index (κ2) is 4.99. The zero-order valence-corrected chi connectivity index (χ0v) is 12.6. The van der Waals surface area contributed by atoms with Crippen LogP contribution in [-0.2, 0) is 6.54 Å². The number of nitrogens with zero attached hydrogens (tertiary/aromatic N) is 1. The van der Waals surface area contributed by atoms with Crippen molar-refractivity contribution in [3.8, 4) is 0 Å². The van der Waals surface area contributed by atoms with Crippen molar-refractivity contribution in [1.29, 1.82) is 0 Å². The monoisotopic (exact) mass is 278 g/mol. The van der Waals surface area contributed by atoms with Crippen molar-refractivity contribution >= 4 is 17.3 Å². The van der Waals surface area contributed by atoms with Gasteiger partial charge >= 0.3 is 0 Å². The summed E-state index contributed by atoms with van der Waals surface area (Å²) in [6, 6.07) is 7.03. The molecule has 0 bridgehead atoms. The highest BCUT2D eigenvalue weighted by atomic mass is 35.5. The molecule has 2 nitrogen and oxygen atoms in total. The van der Waals surface area contributed by atoms with E-state index in [1.54, 1.807) is 0 Å². The highest BCUT2D eigenvalue weighted by Crippen LogP contribution is 2.38. The Morgan fingerprint density at radius 2 is 2.16 bits per heavy atom. The molecule has 104 valence electrons. The smallest absolute Gasteiger partial charge is 0.0471 e. The first-order chi connectivity index (χ1) is 9.08. The average molecular weight is 279 g/mol. The van der Waals surface area contributed by atoms with Crippen molar-refractivity contribution in [1.82, 2.24) is 5.32 Å². The molecule has 0 amide bonds. The Kier molecular flexibility index (Phi) is 3.48. The largest absolute Gasteiger partial charge is 0.366 e. The molecule has 0 radical (unpaired) electrons. The maximum absolute atomic E-state index is 6.44. The summed E-state index contributed by atoms with van der Waals surface area (Å²) in [5, 5.41) is 4.49. The van der Waals surface area contributed by atoms with Crippen LogP contribution < -0.4 is 10.2 Å². The Morgan fingerprint density at radius 1 is 1.37 bits per heavy atom. The van der Waals surface area contributed by atoms with E-state index >= 15 is 0 Å².